The van der Waals surface area contributed by atoms with E-state index in [2.05, 4.69) is 5.32 Å². The molecule has 9 nitrogen and oxygen atoms in total. The van der Waals surface area contributed by atoms with Crippen LogP contribution in [-0.4, -0.2) is 68.9 Å². The number of carbonyl (C=O) groups is 3. The maximum absolute atomic E-state index is 12.4. The minimum Gasteiger partial charge on any atom is -0.477 e. The van der Waals surface area contributed by atoms with Crippen LogP contribution >= 0.6 is 11.8 Å². The number of fused-ring (bicyclic) bond motifs is 1. The summed E-state index contributed by atoms with van der Waals surface area (Å²) in [5, 5.41) is 23.0. The molecule has 3 rings (SSSR count). The largest absolute Gasteiger partial charge is 0.477 e. The molecule has 0 aliphatic carbocycles. The van der Waals surface area contributed by atoms with E-state index in [0.29, 0.717) is 17.9 Å². The number of thioether (sulfide) groups is 1. The summed E-state index contributed by atoms with van der Waals surface area (Å²) in [6.07, 6.45) is 0.352. The van der Waals surface area contributed by atoms with Gasteiger partial charge in [-0.15, -0.1) is 11.8 Å². The van der Waals surface area contributed by atoms with Crippen molar-refractivity contribution < 1.29 is 24.6 Å². The minimum atomic E-state index is -1.12. The van der Waals surface area contributed by atoms with Crippen molar-refractivity contribution in [2.24, 2.45) is 23.3 Å². The van der Waals surface area contributed by atoms with Crippen LogP contribution in [0.25, 0.3) is 0 Å². The second kappa shape index (κ2) is 7.42. The van der Waals surface area contributed by atoms with Crippen molar-refractivity contribution in [3.05, 3.63) is 10.6 Å². The molecule has 0 aromatic heterocycles. The highest BCUT2D eigenvalue weighted by Crippen LogP contribution is 2.51. The van der Waals surface area contributed by atoms with Gasteiger partial charge in [-0.2, -0.15) is 0 Å². The Bertz CT molecular complexity index is 697. The summed E-state index contributed by atoms with van der Waals surface area (Å²) in [4.78, 5) is 37.3. The van der Waals surface area contributed by atoms with Gasteiger partial charge in [0.1, 0.15) is 5.70 Å². The average Bonchev–Trinajstić information content (AvgIpc) is 3.09. The Labute approximate surface area is 161 Å². The first-order valence-electron chi connectivity index (χ1n) is 9.07. The number of carboxylic acids is 1. The molecule has 0 aromatic carbocycles. The summed E-state index contributed by atoms with van der Waals surface area (Å²) in [6.45, 7) is 4.12. The zero-order valence-electron chi connectivity index (χ0n) is 15.3. The highest BCUT2D eigenvalue weighted by molar-refractivity contribution is 8.03. The number of carboxylic acid groups (broad SMARTS) is 1. The molecule has 2 amide bonds. The lowest BCUT2D eigenvalue weighted by Crippen LogP contribution is -2.63. The lowest BCUT2D eigenvalue weighted by Gasteiger charge is -2.46. The van der Waals surface area contributed by atoms with E-state index in [9.17, 15) is 24.6 Å². The Balaban J connectivity index is 1.72. The summed E-state index contributed by atoms with van der Waals surface area (Å²) in [7, 11) is 0. The molecular weight excluding hydrogens is 372 g/mol. The van der Waals surface area contributed by atoms with Gasteiger partial charge >= 0.3 is 5.97 Å². The molecule has 7 N–H and O–H groups in total. The van der Waals surface area contributed by atoms with Crippen LogP contribution in [0.4, 0.5) is 0 Å². The topological polar surface area (TPSA) is 159 Å². The highest BCUT2D eigenvalue weighted by Gasteiger charge is 2.60. The van der Waals surface area contributed by atoms with Gasteiger partial charge in [-0.1, -0.05) is 6.92 Å². The van der Waals surface area contributed by atoms with Crippen LogP contribution in [0.2, 0.25) is 0 Å². The molecule has 0 bridgehead atoms. The van der Waals surface area contributed by atoms with Crippen LogP contribution in [0.3, 0.4) is 0 Å². The fraction of sp³-hybridized carbons (Fsp3) is 0.706. The Kier molecular flexibility index (Phi) is 5.53. The van der Waals surface area contributed by atoms with Gasteiger partial charge < -0.3 is 31.9 Å². The number of carbonyl (C=O) groups excluding carboxylic acids is 2. The van der Waals surface area contributed by atoms with Crippen LogP contribution in [0.1, 0.15) is 26.7 Å². The predicted octanol–water partition coefficient (Wildman–Crippen LogP) is -1.19. The number of aliphatic hydroxyl groups excluding tert-OH is 1. The number of hydrogen-bond acceptors (Lipinski definition) is 7. The van der Waals surface area contributed by atoms with Crippen LogP contribution in [0.15, 0.2) is 10.6 Å². The number of nitrogens with two attached hydrogens (primary N) is 2. The number of primary amides is 1. The van der Waals surface area contributed by atoms with Crippen LogP contribution in [-0.2, 0) is 14.4 Å². The second-order valence-corrected chi connectivity index (χ2v) is 8.94. The molecule has 2 saturated heterocycles. The first-order valence-corrected chi connectivity index (χ1v) is 9.95. The molecule has 0 saturated carbocycles. The van der Waals surface area contributed by atoms with Crippen molar-refractivity contribution in [1.82, 2.24) is 10.2 Å². The SMILES string of the molecule is C[C@@H](O)[C@H]1C(=O)N2C(C(=O)O)=C(S[C@@H]3CN[C@H](CC(N)C(N)=O)C3)[C@H](C)[C@H]12. The van der Waals surface area contributed by atoms with Gasteiger partial charge in [-0.3, -0.25) is 9.59 Å². The Morgan fingerprint density at radius 1 is 1.44 bits per heavy atom. The summed E-state index contributed by atoms with van der Waals surface area (Å²) >= 11 is 1.47. The van der Waals surface area contributed by atoms with Gasteiger partial charge in [-0.25, -0.2) is 4.79 Å². The molecule has 150 valence electrons. The van der Waals surface area contributed by atoms with Crippen molar-refractivity contribution in [3.63, 3.8) is 0 Å². The molecule has 2 fully saturated rings. The molecule has 1 unspecified atom stereocenters. The van der Waals surface area contributed by atoms with E-state index < -0.39 is 29.9 Å². The first kappa shape index (κ1) is 20.1. The van der Waals surface area contributed by atoms with Gasteiger partial charge in [0.15, 0.2) is 0 Å². The highest BCUT2D eigenvalue weighted by atomic mass is 32.2. The Hall–Kier alpha value is -1.62. The van der Waals surface area contributed by atoms with E-state index >= 15 is 0 Å². The minimum absolute atomic E-state index is 0.0386. The van der Waals surface area contributed by atoms with Crippen LogP contribution in [0.5, 0.6) is 0 Å². The first-order chi connectivity index (χ1) is 12.6. The van der Waals surface area contributed by atoms with Gasteiger partial charge in [0.05, 0.1) is 24.1 Å². The number of amides is 2. The average molecular weight is 398 g/mol. The zero-order chi connectivity index (χ0) is 20.0. The second-order valence-electron chi connectivity index (χ2n) is 7.60. The van der Waals surface area contributed by atoms with E-state index in [-0.39, 0.29) is 34.9 Å². The van der Waals surface area contributed by atoms with E-state index in [4.69, 9.17) is 11.5 Å². The lowest BCUT2D eigenvalue weighted by molar-refractivity contribution is -0.163. The summed E-state index contributed by atoms with van der Waals surface area (Å²) in [5.74, 6) is -2.70. The van der Waals surface area contributed by atoms with Gasteiger partial charge in [0.25, 0.3) is 0 Å². The number of nitrogens with zero attached hydrogens (tertiary/aromatic N) is 1. The molecule has 27 heavy (non-hydrogen) atoms. The van der Waals surface area contributed by atoms with Crippen molar-refractivity contribution in [2.75, 3.05) is 6.54 Å². The van der Waals surface area contributed by atoms with Crippen molar-refractivity contribution >= 4 is 29.5 Å². The molecule has 10 heteroatoms. The van der Waals surface area contributed by atoms with Gasteiger partial charge in [-0.05, 0) is 19.8 Å². The van der Waals surface area contributed by atoms with E-state index in [0.717, 1.165) is 6.42 Å². The molecule has 0 radical (unpaired) electrons. The van der Waals surface area contributed by atoms with Crippen molar-refractivity contribution in [2.45, 2.75) is 56.2 Å². The number of β-lactam (4-membered cyclic amide) rings is 1. The fourth-order valence-electron chi connectivity index (χ4n) is 4.33. The normalized spacial score (nSPS) is 35.0. The number of hydrogen-bond donors (Lipinski definition) is 5. The van der Waals surface area contributed by atoms with Crippen molar-refractivity contribution in [3.8, 4) is 0 Å². The molecule has 0 spiro atoms. The zero-order valence-corrected chi connectivity index (χ0v) is 16.1. The Morgan fingerprint density at radius 2 is 2.11 bits per heavy atom. The maximum atomic E-state index is 12.4. The fourth-order valence-corrected chi connectivity index (χ4v) is 5.85. The Morgan fingerprint density at radius 3 is 2.67 bits per heavy atom. The third-order valence-electron chi connectivity index (χ3n) is 5.69. The standard InChI is InChI=1S/C17H26N4O5S/c1-6-12-11(7(2)22)16(24)21(12)13(17(25)26)14(6)27-9-3-8(20-5-9)4-10(18)15(19)23/h6-12,20,22H,3-5,18H2,1-2H3,(H2,19,23)(H,25,26)/t6-,7-,8+,9+,10?,11-,12-/m1/s1. The molecule has 0 aromatic rings. The van der Waals surface area contributed by atoms with Gasteiger partial charge in [0, 0.05) is 28.7 Å². The van der Waals surface area contributed by atoms with E-state index in [1.165, 1.54) is 16.7 Å². The van der Waals surface area contributed by atoms with Crippen LogP contribution in [0, 0.1) is 11.8 Å². The number of nitrogens with one attached hydrogen (secondary N) is 1. The molecule has 3 heterocycles. The molecule has 7 atom stereocenters. The molecule has 3 aliphatic heterocycles. The van der Waals surface area contributed by atoms with Crippen LogP contribution < -0.4 is 16.8 Å². The third-order valence-corrected chi connectivity index (χ3v) is 7.20. The predicted molar refractivity (Wildman–Crippen MR) is 99.2 cm³/mol. The summed E-state index contributed by atoms with van der Waals surface area (Å²) in [6, 6.07) is -0.976. The summed E-state index contributed by atoms with van der Waals surface area (Å²) in [5.41, 5.74) is 11.0. The number of aliphatic hydroxyl groups is 1. The summed E-state index contributed by atoms with van der Waals surface area (Å²) < 4.78 is 0. The number of aliphatic carboxylic acids is 1. The molecular formula is C17H26N4O5S. The van der Waals surface area contributed by atoms with E-state index in [1.807, 2.05) is 6.92 Å². The monoisotopic (exact) mass is 398 g/mol. The van der Waals surface area contributed by atoms with Crippen molar-refractivity contribution in [1.29, 1.82) is 0 Å². The molecule has 3 aliphatic rings. The lowest BCUT2D eigenvalue weighted by atomic mass is 9.79. The number of rotatable bonds is 7. The van der Waals surface area contributed by atoms with Gasteiger partial charge in [0.2, 0.25) is 11.8 Å². The third kappa shape index (κ3) is 3.46. The quantitative estimate of drug-likeness (QED) is 0.335. The van der Waals surface area contributed by atoms with E-state index in [1.54, 1.807) is 6.92 Å². The smallest absolute Gasteiger partial charge is 0.353 e. The maximum Gasteiger partial charge on any atom is 0.353 e.